The lowest BCUT2D eigenvalue weighted by molar-refractivity contribution is -0.274. The van der Waals surface area contributed by atoms with Crippen molar-refractivity contribution in [1.82, 2.24) is 0 Å². The number of anilines is 1. The smallest absolute Gasteiger partial charge is 0.405 e. The maximum Gasteiger partial charge on any atom is 0.573 e. The Morgan fingerprint density at radius 2 is 2.00 bits per heavy atom. The minimum atomic E-state index is -4.68. The van der Waals surface area contributed by atoms with Gasteiger partial charge in [0.25, 0.3) is 0 Å². The number of ether oxygens (including phenoxy) is 1. The van der Waals surface area contributed by atoms with Crippen LogP contribution in [0.15, 0.2) is 22.7 Å². The molecule has 0 radical (unpaired) electrons. The monoisotopic (exact) mass is 367 g/mol. The molecule has 6 heteroatoms. The van der Waals surface area contributed by atoms with Crippen molar-refractivity contribution in [3.8, 4) is 5.75 Å². The summed E-state index contributed by atoms with van der Waals surface area (Å²) in [6.07, 6.45) is -0.0570. The Balaban J connectivity index is 2.59. The highest BCUT2D eigenvalue weighted by molar-refractivity contribution is 9.10. The van der Waals surface area contributed by atoms with Crippen LogP contribution in [0.25, 0.3) is 0 Å². The summed E-state index contributed by atoms with van der Waals surface area (Å²) in [5.41, 5.74) is 0.784. The first-order valence-electron chi connectivity index (χ1n) is 7.14. The van der Waals surface area contributed by atoms with E-state index in [1.165, 1.54) is 18.9 Å². The molecule has 0 aliphatic carbocycles. The average molecular weight is 368 g/mol. The van der Waals surface area contributed by atoms with Crippen molar-refractivity contribution < 1.29 is 17.9 Å². The maximum absolute atomic E-state index is 12.2. The van der Waals surface area contributed by atoms with Crippen LogP contribution in [0.2, 0.25) is 0 Å². The van der Waals surface area contributed by atoms with Crippen LogP contribution in [0.3, 0.4) is 0 Å². The molecule has 0 saturated heterocycles. The first-order chi connectivity index (χ1) is 9.85. The third-order valence-electron chi connectivity index (χ3n) is 3.30. The van der Waals surface area contributed by atoms with Gasteiger partial charge in [-0.3, -0.25) is 0 Å². The maximum atomic E-state index is 12.2. The lowest BCUT2D eigenvalue weighted by Crippen LogP contribution is -2.17. The van der Waals surface area contributed by atoms with Gasteiger partial charge in [-0.2, -0.15) is 0 Å². The normalized spacial score (nSPS) is 13.0. The topological polar surface area (TPSA) is 21.3 Å². The van der Waals surface area contributed by atoms with E-state index in [1.807, 2.05) is 0 Å². The molecule has 1 rings (SSSR count). The molecule has 0 bridgehead atoms. The lowest BCUT2D eigenvalue weighted by atomic mass is 9.99. The Morgan fingerprint density at radius 1 is 1.29 bits per heavy atom. The Kier molecular flexibility index (Phi) is 7.35. The zero-order valence-corrected chi connectivity index (χ0v) is 13.9. The number of nitrogens with one attached hydrogen (secondary N) is 1. The molecule has 1 N–H and O–H groups in total. The minimum Gasteiger partial charge on any atom is -0.405 e. The number of unbranched alkanes of at least 4 members (excludes halogenated alkanes) is 1. The van der Waals surface area contributed by atoms with Crippen LogP contribution in [-0.2, 0) is 0 Å². The fourth-order valence-electron chi connectivity index (χ4n) is 2.02. The molecule has 1 aromatic rings. The fourth-order valence-corrected chi connectivity index (χ4v) is 2.48. The van der Waals surface area contributed by atoms with E-state index in [4.69, 9.17) is 0 Å². The van der Waals surface area contributed by atoms with E-state index in [-0.39, 0.29) is 10.2 Å². The second kappa shape index (κ2) is 8.51. The van der Waals surface area contributed by atoms with Gasteiger partial charge >= 0.3 is 6.36 Å². The Hall–Kier alpha value is -0.910. The molecule has 0 amide bonds. The molecule has 0 fully saturated rings. The number of halogens is 4. The van der Waals surface area contributed by atoms with Crippen molar-refractivity contribution in [2.75, 3.05) is 11.9 Å². The second-order valence-corrected chi connectivity index (χ2v) is 5.84. The summed E-state index contributed by atoms with van der Waals surface area (Å²) in [5, 5.41) is 3.27. The van der Waals surface area contributed by atoms with Gasteiger partial charge in [0.15, 0.2) is 0 Å². The van der Waals surface area contributed by atoms with Gasteiger partial charge in [0.1, 0.15) is 5.75 Å². The Morgan fingerprint density at radius 3 is 2.52 bits per heavy atom. The molecule has 0 spiro atoms. The molecule has 1 aromatic carbocycles. The largest absolute Gasteiger partial charge is 0.573 e. The fraction of sp³-hybridized carbons (Fsp3) is 0.600. The van der Waals surface area contributed by atoms with Crippen molar-refractivity contribution in [1.29, 1.82) is 0 Å². The van der Waals surface area contributed by atoms with Crippen LogP contribution in [0, 0.1) is 5.92 Å². The van der Waals surface area contributed by atoms with E-state index in [2.05, 4.69) is 39.8 Å². The van der Waals surface area contributed by atoms with E-state index >= 15 is 0 Å². The molecule has 0 aliphatic heterocycles. The summed E-state index contributed by atoms with van der Waals surface area (Å²) in [6.45, 7) is 5.14. The quantitative estimate of drug-likeness (QED) is 0.610. The van der Waals surface area contributed by atoms with Gasteiger partial charge < -0.3 is 10.1 Å². The average Bonchev–Trinajstić information content (AvgIpc) is 2.40. The molecular weight excluding hydrogens is 347 g/mol. The highest BCUT2D eigenvalue weighted by atomic mass is 79.9. The van der Waals surface area contributed by atoms with Crippen molar-refractivity contribution in [3.63, 3.8) is 0 Å². The van der Waals surface area contributed by atoms with Gasteiger partial charge in [0.05, 0.1) is 4.47 Å². The van der Waals surface area contributed by atoms with Crippen LogP contribution in [0.1, 0.15) is 39.5 Å². The van der Waals surface area contributed by atoms with Crippen molar-refractivity contribution in [3.05, 3.63) is 22.7 Å². The molecule has 0 saturated carbocycles. The van der Waals surface area contributed by atoms with Gasteiger partial charge in [-0.05, 0) is 46.5 Å². The highest BCUT2D eigenvalue weighted by Gasteiger charge is 2.31. The summed E-state index contributed by atoms with van der Waals surface area (Å²) in [5.74, 6) is 0.348. The van der Waals surface area contributed by atoms with E-state index in [0.717, 1.165) is 25.1 Å². The van der Waals surface area contributed by atoms with Crippen LogP contribution in [0.5, 0.6) is 5.75 Å². The third kappa shape index (κ3) is 7.07. The van der Waals surface area contributed by atoms with Gasteiger partial charge in [-0.25, -0.2) is 0 Å². The van der Waals surface area contributed by atoms with E-state index in [1.54, 1.807) is 12.1 Å². The molecule has 0 aliphatic rings. The van der Waals surface area contributed by atoms with E-state index < -0.39 is 6.36 Å². The standard InChI is InChI=1S/C15H21BrF3NO/c1-3-5-6-11(4-2)10-20-12-7-8-14(13(16)9-12)21-15(17,18)19/h7-9,11,20H,3-6,10H2,1-2H3. The Bertz CT molecular complexity index is 437. The highest BCUT2D eigenvalue weighted by Crippen LogP contribution is 2.32. The number of alkyl halides is 3. The molecular formula is C15H21BrF3NO. The van der Waals surface area contributed by atoms with Crippen molar-refractivity contribution >= 4 is 21.6 Å². The number of hydrogen-bond acceptors (Lipinski definition) is 2. The minimum absolute atomic E-state index is 0.230. The van der Waals surface area contributed by atoms with E-state index in [0.29, 0.717) is 5.92 Å². The summed E-state index contributed by atoms with van der Waals surface area (Å²) < 4.78 is 40.7. The molecule has 1 atom stereocenters. The van der Waals surface area contributed by atoms with Gasteiger partial charge in [-0.1, -0.05) is 33.1 Å². The summed E-state index contributed by atoms with van der Waals surface area (Å²) in [4.78, 5) is 0. The third-order valence-corrected chi connectivity index (χ3v) is 3.92. The molecule has 0 heterocycles. The van der Waals surface area contributed by atoms with Crippen LogP contribution in [-0.4, -0.2) is 12.9 Å². The predicted octanol–water partition coefficient (Wildman–Crippen LogP) is 5.98. The Labute approximate surface area is 132 Å². The second-order valence-electron chi connectivity index (χ2n) is 4.99. The van der Waals surface area contributed by atoms with Gasteiger partial charge in [-0.15, -0.1) is 13.2 Å². The summed E-state index contributed by atoms with van der Waals surface area (Å²) in [7, 11) is 0. The molecule has 2 nitrogen and oxygen atoms in total. The van der Waals surface area contributed by atoms with Crippen LogP contribution < -0.4 is 10.1 Å². The zero-order chi connectivity index (χ0) is 15.9. The summed E-state index contributed by atoms with van der Waals surface area (Å²) >= 11 is 3.10. The number of benzene rings is 1. The SMILES string of the molecule is CCCCC(CC)CNc1ccc(OC(F)(F)F)c(Br)c1. The zero-order valence-electron chi connectivity index (χ0n) is 12.3. The number of rotatable bonds is 8. The molecule has 1 unspecified atom stereocenters. The van der Waals surface area contributed by atoms with Crippen molar-refractivity contribution in [2.45, 2.75) is 45.9 Å². The molecule has 21 heavy (non-hydrogen) atoms. The van der Waals surface area contributed by atoms with Crippen LogP contribution >= 0.6 is 15.9 Å². The molecule has 120 valence electrons. The van der Waals surface area contributed by atoms with Gasteiger partial charge in [0, 0.05) is 12.2 Å². The summed E-state index contributed by atoms with van der Waals surface area (Å²) in [6, 6.07) is 4.51. The predicted molar refractivity (Wildman–Crippen MR) is 82.6 cm³/mol. The van der Waals surface area contributed by atoms with E-state index in [9.17, 15) is 13.2 Å². The van der Waals surface area contributed by atoms with Crippen molar-refractivity contribution in [2.24, 2.45) is 5.92 Å². The number of hydrogen-bond donors (Lipinski definition) is 1. The first-order valence-corrected chi connectivity index (χ1v) is 7.94. The first kappa shape index (κ1) is 18.1. The van der Waals surface area contributed by atoms with Crippen LogP contribution in [0.4, 0.5) is 18.9 Å². The lowest BCUT2D eigenvalue weighted by Gasteiger charge is -2.17. The van der Waals surface area contributed by atoms with Gasteiger partial charge in [0.2, 0.25) is 0 Å². The molecule has 0 aromatic heterocycles.